The molecule has 5 nitrogen and oxygen atoms in total. The maximum absolute atomic E-state index is 6.29. The van der Waals surface area contributed by atoms with Gasteiger partial charge in [0.05, 0.1) is 28.9 Å². The van der Waals surface area contributed by atoms with Crippen molar-refractivity contribution in [2.45, 2.75) is 6.54 Å². The molecule has 0 radical (unpaired) electrons. The molecule has 0 saturated carbocycles. The second kappa shape index (κ2) is 8.04. The highest BCUT2D eigenvalue weighted by molar-refractivity contribution is 6.11. The van der Waals surface area contributed by atoms with Crippen LogP contribution >= 0.6 is 0 Å². The van der Waals surface area contributed by atoms with E-state index >= 15 is 0 Å². The fourth-order valence-electron chi connectivity index (χ4n) is 6.39. The van der Waals surface area contributed by atoms with E-state index in [1.807, 2.05) is 24.8 Å². The molecular formula is C35H22N4O. The van der Waals surface area contributed by atoms with Gasteiger partial charge in [-0.3, -0.25) is 9.97 Å². The molecule has 5 heterocycles. The van der Waals surface area contributed by atoms with Crippen molar-refractivity contribution in [3.8, 4) is 5.69 Å². The van der Waals surface area contributed by atoms with E-state index in [-0.39, 0.29) is 0 Å². The second-order valence-corrected chi connectivity index (χ2v) is 10.4. The van der Waals surface area contributed by atoms with Gasteiger partial charge in [0.1, 0.15) is 11.2 Å². The third kappa shape index (κ3) is 2.97. The molecule has 0 bridgehead atoms. The predicted octanol–water partition coefficient (Wildman–Crippen LogP) is 8.63. The van der Waals surface area contributed by atoms with Crippen LogP contribution < -0.4 is 0 Å². The third-order valence-electron chi connectivity index (χ3n) is 8.17. The molecule has 5 aromatic heterocycles. The summed E-state index contributed by atoms with van der Waals surface area (Å²) in [5.74, 6) is 0. The molecular weight excluding hydrogens is 492 g/mol. The summed E-state index contributed by atoms with van der Waals surface area (Å²) in [5, 5.41) is 7.12. The minimum Gasteiger partial charge on any atom is -0.456 e. The Kier molecular flexibility index (Phi) is 4.32. The van der Waals surface area contributed by atoms with Gasteiger partial charge in [-0.05, 0) is 60.2 Å². The van der Waals surface area contributed by atoms with Crippen LogP contribution in [0.1, 0.15) is 5.56 Å². The molecule has 9 aromatic rings. The topological polar surface area (TPSA) is 48.8 Å². The number of fused-ring (bicyclic) bond motifs is 9. The molecule has 0 N–H and O–H groups in total. The first-order valence-electron chi connectivity index (χ1n) is 13.4. The van der Waals surface area contributed by atoms with E-state index in [4.69, 9.17) is 4.42 Å². The van der Waals surface area contributed by atoms with Crippen molar-refractivity contribution < 1.29 is 4.42 Å². The Labute approximate surface area is 228 Å². The number of benzene rings is 4. The van der Waals surface area contributed by atoms with Gasteiger partial charge in [0, 0.05) is 62.5 Å². The first kappa shape index (κ1) is 21.5. The number of pyridine rings is 2. The van der Waals surface area contributed by atoms with Crippen LogP contribution in [0.25, 0.3) is 71.2 Å². The summed E-state index contributed by atoms with van der Waals surface area (Å²) in [6, 6.07) is 34.3. The number of hydrogen-bond acceptors (Lipinski definition) is 3. The highest BCUT2D eigenvalue weighted by Crippen LogP contribution is 2.36. The maximum Gasteiger partial charge on any atom is 0.135 e. The number of furan rings is 1. The number of para-hydroxylation sites is 2. The highest BCUT2D eigenvalue weighted by Gasteiger charge is 2.16. The first-order valence-corrected chi connectivity index (χ1v) is 13.4. The lowest BCUT2D eigenvalue weighted by molar-refractivity contribution is 0.668. The molecule has 0 aliphatic heterocycles. The summed E-state index contributed by atoms with van der Waals surface area (Å²) >= 11 is 0. The first-order chi connectivity index (χ1) is 19.8. The fraction of sp³-hybridized carbons (Fsp3) is 0.0286. The minimum atomic E-state index is 0.747. The number of rotatable bonds is 3. The average Bonchev–Trinajstić information content (AvgIpc) is 3.65. The maximum atomic E-state index is 6.29. The predicted molar refractivity (Wildman–Crippen MR) is 162 cm³/mol. The average molecular weight is 515 g/mol. The van der Waals surface area contributed by atoms with E-state index in [0.717, 1.165) is 45.2 Å². The quantitative estimate of drug-likeness (QED) is 0.237. The zero-order valence-corrected chi connectivity index (χ0v) is 21.5. The molecule has 0 aliphatic carbocycles. The molecule has 0 spiro atoms. The van der Waals surface area contributed by atoms with Gasteiger partial charge in [-0.15, -0.1) is 0 Å². The lowest BCUT2D eigenvalue weighted by Gasteiger charge is -2.08. The highest BCUT2D eigenvalue weighted by atomic mass is 16.3. The molecule has 0 aliphatic rings. The van der Waals surface area contributed by atoms with Crippen LogP contribution in [0.15, 0.2) is 126 Å². The summed E-state index contributed by atoms with van der Waals surface area (Å²) in [6.45, 7) is 0.747. The van der Waals surface area contributed by atoms with Gasteiger partial charge in [0.15, 0.2) is 0 Å². The van der Waals surface area contributed by atoms with Crippen molar-refractivity contribution in [3.05, 3.63) is 127 Å². The van der Waals surface area contributed by atoms with E-state index in [2.05, 4.69) is 116 Å². The van der Waals surface area contributed by atoms with Gasteiger partial charge >= 0.3 is 0 Å². The van der Waals surface area contributed by atoms with Gasteiger partial charge in [0.2, 0.25) is 0 Å². The molecule has 0 amide bonds. The summed E-state index contributed by atoms with van der Waals surface area (Å²) < 4.78 is 10.9. The Morgan fingerprint density at radius 1 is 0.525 bits per heavy atom. The van der Waals surface area contributed by atoms with Crippen LogP contribution in [-0.2, 0) is 6.54 Å². The summed E-state index contributed by atoms with van der Waals surface area (Å²) in [6.07, 6.45) is 7.65. The Morgan fingerprint density at radius 3 is 1.98 bits per heavy atom. The Bertz CT molecular complexity index is 2320. The van der Waals surface area contributed by atoms with Crippen molar-refractivity contribution in [2.24, 2.45) is 0 Å². The van der Waals surface area contributed by atoms with E-state index in [1.165, 1.54) is 38.1 Å². The smallest absolute Gasteiger partial charge is 0.135 e. The van der Waals surface area contributed by atoms with Crippen molar-refractivity contribution >= 4 is 65.6 Å². The van der Waals surface area contributed by atoms with Crippen LogP contribution in [0.2, 0.25) is 0 Å². The Balaban J connectivity index is 1.23. The molecule has 40 heavy (non-hydrogen) atoms. The van der Waals surface area contributed by atoms with Crippen molar-refractivity contribution in [3.63, 3.8) is 0 Å². The van der Waals surface area contributed by atoms with E-state index < -0.39 is 0 Å². The summed E-state index contributed by atoms with van der Waals surface area (Å²) in [5.41, 5.74) is 8.70. The lowest BCUT2D eigenvalue weighted by atomic mass is 10.1. The molecule has 188 valence electrons. The SMILES string of the molecule is c1ccc2c(c1)c1ccncc1n2Cc1ccc2oc3ccc(-n4c5ccccc5c5ccncc54)cc3c2c1. The normalized spacial score (nSPS) is 12.1. The van der Waals surface area contributed by atoms with Gasteiger partial charge in [-0.1, -0.05) is 42.5 Å². The van der Waals surface area contributed by atoms with E-state index in [9.17, 15) is 0 Å². The van der Waals surface area contributed by atoms with Crippen LogP contribution in [0.3, 0.4) is 0 Å². The van der Waals surface area contributed by atoms with Crippen LogP contribution in [-0.4, -0.2) is 19.1 Å². The van der Waals surface area contributed by atoms with Crippen LogP contribution in [0.4, 0.5) is 0 Å². The zero-order valence-electron chi connectivity index (χ0n) is 21.5. The molecule has 0 saturated heterocycles. The molecule has 4 aromatic carbocycles. The van der Waals surface area contributed by atoms with Gasteiger partial charge < -0.3 is 13.6 Å². The number of nitrogens with zero attached hydrogens (tertiary/aromatic N) is 4. The molecule has 9 rings (SSSR count). The minimum absolute atomic E-state index is 0.747. The molecule has 0 atom stereocenters. The number of aromatic nitrogens is 4. The zero-order chi connectivity index (χ0) is 26.2. The standard InChI is InChI=1S/C35H22N4O/c1-3-7-30-24(5-1)26-13-15-36-19-32(26)38(30)21-22-9-11-34-28(17-22)29-18-23(10-12-35(29)40-34)39-31-8-4-2-6-25(31)27-14-16-37-20-33(27)39/h1-20H,21H2. The second-order valence-electron chi connectivity index (χ2n) is 10.4. The van der Waals surface area contributed by atoms with Crippen LogP contribution in [0, 0.1) is 0 Å². The van der Waals surface area contributed by atoms with Gasteiger partial charge in [-0.2, -0.15) is 0 Å². The molecule has 0 fully saturated rings. The summed E-state index contributed by atoms with van der Waals surface area (Å²) in [7, 11) is 0. The van der Waals surface area contributed by atoms with Gasteiger partial charge in [0.25, 0.3) is 0 Å². The number of hydrogen-bond donors (Lipinski definition) is 0. The summed E-state index contributed by atoms with van der Waals surface area (Å²) in [4.78, 5) is 8.87. The lowest BCUT2D eigenvalue weighted by Crippen LogP contribution is -1.99. The largest absolute Gasteiger partial charge is 0.456 e. The molecule has 5 heteroatoms. The Morgan fingerprint density at radius 2 is 1.15 bits per heavy atom. The fourth-order valence-corrected chi connectivity index (χ4v) is 6.39. The van der Waals surface area contributed by atoms with E-state index in [0.29, 0.717) is 0 Å². The third-order valence-corrected chi connectivity index (χ3v) is 8.17. The molecule has 0 unspecified atom stereocenters. The van der Waals surface area contributed by atoms with Crippen LogP contribution in [0.5, 0.6) is 0 Å². The van der Waals surface area contributed by atoms with Crippen molar-refractivity contribution in [2.75, 3.05) is 0 Å². The van der Waals surface area contributed by atoms with Crippen molar-refractivity contribution in [1.82, 2.24) is 19.1 Å². The van der Waals surface area contributed by atoms with Crippen molar-refractivity contribution in [1.29, 1.82) is 0 Å². The van der Waals surface area contributed by atoms with Gasteiger partial charge in [-0.25, -0.2) is 0 Å². The van der Waals surface area contributed by atoms with E-state index in [1.54, 1.807) is 0 Å². The Hall–Kier alpha value is -5.42. The monoisotopic (exact) mass is 514 g/mol.